The van der Waals surface area contributed by atoms with Crippen LogP contribution in [0.15, 0.2) is 48.5 Å². The fourth-order valence-electron chi connectivity index (χ4n) is 2.43. The van der Waals surface area contributed by atoms with Gasteiger partial charge in [0.05, 0.1) is 0 Å². The van der Waals surface area contributed by atoms with Crippen molar-refractivity contribution >= 4 is 17.4 Å². The molecule has 0 bridgehead atoms. The van der Waals surface area contributed by atoms with Crippen LogP contribution in [-0.4, -0.2) is 6.03 Å². The van der Waals surface area contributed by atoms with E-state index < -0.39 is 6.03 Å². The second-order valence-corrected chi connectivity index (χ2v) is 5.44. The molecule has 2 amide bonds. The Labute approximate surface area is 124 Å². The van der Waals surface area contributed by atoms with Crippen LogP contribution in [0.4, 0.5) is 16.2 Å². The summed E-state index contributed by atoms with van der Waals surface area (Å²) in [5.41, 5.74) is 9.48. The third-order valence-electron chi connectivity index (χ3n) is 3.63. The fraction of sp³-hybridized carbons (Fsp3) is 0.235. The van der Waals surface area contributed by atoms with E-state index in [9.17, 15) is 4.79 Å². The Hall–Kier alpha value is -2.49. The molecule has 0 atom stereocenters. The predicted molar refractivity (Wildman–Crippen MR) is 85.4 cm³/mol. The van der Waals surface area contributed by atoms with Crippen LogP contribution in [0.3, 0.4) is 0 Å². The molecule has 0 radical (unpaired) electrons. The van der Waals surface area contributed by atoms with E-state index in [1.807, 2.05) is 24.3 Å². The quantitative estimate of drug-likeness (QED) is 0.782. The highest BCUT2D eigenvalue weighted by Gasteiger charge is 2.23. The lowest BCUT2D eigenvalue weighted by molar-refractivity contribution is 0.259. The van der Waals surface area contributed by atoms with Crippen molar-refractivity contribution in [1.29, 1.82) is 0 Å². The second kappa shape index (κ2) is 5.87. The normalized spacial score (nSPS) is 13.7. The number of hydrogen-bond donors (Lipinski definition) is 3. The number of urea groups is 1. The van der Waals surface area contributed by atoms with Crippen LogP contribution < -0.4 is 16.4 Å². The molecule has 108 valence electrons. The molecule has 21 heavy (non-hydrogen) atoms. The second-order valence-electron chi connectivity index (χ2n) is 5.44. The maximum atomic E-state index is 10.9. The average molecular weight is 281 g/mol. The minimum Gasteiger partial charge on any atom is -0.381 e. The van der Waals surface area contributed by atoms with E-state index in [4.69, 9.17) is 5.73 Å². The first kappa shape index (κ1) is 13.5. The summed E-state index contributed by atoms with van der Waals surface area (Å²) in [4.78, 5) is 10.9. The summed E-state index contributed by atoms with van der Waals surface area (Å²) in [6.07, 6.45) is 2.63. The third-order valence-corrected chi connectivity index (χ3v) is 3.63. The van der Waals surface area contributed by atoms with Gasteiger partial charge in [0, 0.05) is 17.9 Å². The first-order valence-electron chi connectivity index (χ1n) is 7.20. The summed E-state index contributed by atoms with van der Waals surface area (Å²) in [6, 6.07) is 15.7. The van der Waals surface area contributed by atoms with Crippen molar-refractivity contribution in [1.82, 2.24) is 0 Å². The molecule has 1 aliphatic carbocycles. The van der Waals surface area contributed by atoms with Crippen molar-refractivity contribution in [2.24, 2.45) is 5.73 Å². The Morgan fingerprint density at radius 3 is 2.62 bits per heavy atom. The van der Waals surface area contributed by atoms with Gasteiger partial charge in [0.15, 0.2) is 0 Å². The van der Waals surface area contributed by atoms with Crippen LogP contribution >= 0.6 is 0 Å². The van der Waals surface area contributed by atoms with Crippen molar-refractivity contribution in [3.05, 3.63) is 59.7 Å². The molecule has 4 N–H and O–H groups in total. The maximum absolute atomic E-state index is 10.9. The third kappa shape index (κ3) is 3.75. The van der Waals surface area contributed by atoms with E-state index >= 15 is 0 Å². The molecule has 3 rings (SSSR count). The Balaban J connectivity index is 1.64. The lowest BCUT2D eigenvalue weighted by atomic mass is 10.1. The first-order valence-corrected chi connectivity index (χ1v) is 7.20. The number of amides is 2. The van der Waals surface area contributed by atoms with Crippen LogP contribution in [-0.2, 0) is 6.54 Å². The van der Waals surface area contributed by atoms with Crippen LogP contribution in [0.25, 0.3) is 0 Å². The summed E-state index contributed by atoms with van der Waals surface area (Å²) in [6.45, 7) is 0.764. The summed E-state index contributed by atoms with van der Waals surface area (Å²) in [7, 11) is 0. The number of primary amides is 1. The van der Waals surface area contributed by atoms with Gasteiger partial charge in [0.1, 0.15) is 0 Å². The van der Waals surface area contributed by atoms with Gasteiger partial charge >= 0.3 is 6.03 Å². The van der Waals surface area contributed by atoms with Gasteiger partial charge in [-0.1, -0.05) is 30.3 Å². The van der Waals surface area contributed by atoms with Gasteiger partial charge < -0.3 is 16.4 Å². The van der Waals surface area contributed by atoms with Gasteiger partial charge in [0.2, 0.25) is 0 Å². The Kier molecular flexibility index (Phi) is 3.77. The minimum atomic E-state index is -0.552. The molecular formula is C17H19N3O. The van der Waals surface area contributed by atoms with Crippen molar-refractivity contribution in [3.8, 4) is 0 Å². The van der Waals surface area contributed by atoms with Crippen LogP contribution in [0.1, 0.15) is 29.9 Å². The molecule has 0 unspecified atom stereocenters. The monoisotopic (exact) mass is 281 g/mol. The number of benzene rings is 2. The van der Waals surface area contributed by atoms with Gasteiger partial charge in [-0.2, -0.15) is 0 Å². The van der Waals surface area contributed by atoms with Crippen molar-refractivity contribution in [2.75, 3.05) is 10.6 Å². The van der Waals surface area contributed by atoms with E-state index in [0.29, 0.717) is 5.69 Å². The van der Waals surface area contributed by atoms with Gasteiger partial charge in [-0.3, -0.25) is 0 Å². The summed E-state index contributed by atoms with van der Waals surface area (Å²) in [5.74, 6) is 0.771. The molecule has 1 saturated carbocycles. The van der Waals surface area contributed by atoms with Gasteiger partial charge in [-0.25, -0.2) is 4.79 Å². The van der Waals surface area contributed by atoms with Crippen molar-refractivity contribution < 1.29 is 4.79 Å². The van der Waals surface area contributed by atoms with Crippen molar-refractivity contribution in [3.63, 3.8) is 0 Å². The lowest BCUT2D eigenvalue weighted by Crippen LogP contribution is -2.19. The Bertz CT molecular complexity index is 650. The van der Waals surface area contributed by atoms with Crippen LogP contribution in [0, 0.1) is 0 Å². The molecule has 4 nitrogen and oxygen atoms in total. The van der Waals surface area contributed by atoms with Gasteiger partial charge in [-0.05, 0) is 48.1 Å². The highest BCUT2D eigenvalue weighted by molar-refractivity contribution is 5.88. The zero-order valence-electron chi connectivity index (χ0n) is 11.8. The van der Waals surface area contributed by atoms with E-state index in [-0.39, 0.29) is 0 Å². The molecule has 4 heteroatoms. The lowest BCUT2D eigenvalue weighted by Gasteiger charge is -2.10. The number of hydrogen-bond acceptors (Lipinski definition) is 2. The molecule has 0 spiro atoms. The molecule has 0 aliphatic heterocycles. The zero-order valence-corrected chi connectivity index (χ0v) is 11.8. The first-order chi connectivity index (χ1) is 10.2. The van der Waals surface area contributed by atoms with Crippen LogP contribution in [0.5, 0.6) is 0 Å². The van der Waals surface area contributed by atoms with Crippen molar-refractivity contribution in [2.45, 2.75) is 25.3 Å². The standard InChI is InChI=1S/C17H19N3O/c18-17(21)20-16-6-2-5-15(10-16)19-11-12-3-1-4-14(9-12)13-7-8-13/h1-6,9-10,13,19H,7-8,11H2,(H3,18,20,21). The molecule has 1 fully saturated rings. The smallest absolute Gasteiger partial charge is 0.316 e. The van der Waals surface area contributed by atoms with E-state index in [1.54, 1.807) is 0 Å². The summed E-state index contributed by atoms with van der Waals surface area (Å²) >= 11 is 0. The number of anilines is 2. The van der Waals surface area contributed by atoms with E-state index in [2.05, 4.69) is 34.9 Å². The van der Waals surface area contributed by atoms with Crippen LogP contribution in [0.2, 0.25) is 0 Å². The maximum Gasteiger partial charge on any atom is 0.316 e. The molecule has 0 saturated heterocycles. The van der Waals surface area contributed by atoms with E-state index in [1.165, 1.54) is 24.0 Å². The molecular weight excluding hydrogens is 262 g/mol. The molecule has 0 heterocycles. The van der Waals surface area contributed by atoms with Gasteiger partial charge in [-0.15, -0.1) is 0 Å². The molecule has 0 aromatic heterocycles. The fourth-order valence-corrected chi connectivity index (χ4v) is 2.43. The number of carbonyl (C=O) groups excluding carboxylic acids is 1. The topological polar surface area (TPSA) is 67.2 Å². The number of nitrogens with two attached hydrogens (primary N) is 1. The zero-order chi connectivity index (χ0) is 14.7. The minimum absolute atomic E-state index is 0.552. The number of nitrogens with one attached hydrogen (secondary N) is 2. The number of rotatable bonds is 5. The Morgan fingerprint density at radius 2 is 1.86 bits per heavy atom. The van der Waals surface area contributed by atoms with Gasteiger partial charge in [0.25, 0.3) is 0 Å². The summed E-state index contributed by atoms with van der Waals surface area (Å²) < 4.78 is 0. The molecule has 2 aromatic rings. The van der Waals surface area contributed by atoms with E-state index in [0.717, 1.165) is 18.2 Å². The average Bonchev–Trinajstić information content (AvgIpc) is 3.30. The number of carbonyl (C=O) groups is 1. The predicted octanol–water partition coefficient (Wildman–Crippen LogP) is 3.67. The highest BCUT2D eigenvalue weighted by Crippen LogP contribution is 2.40. The largest absolute Gasteiger partial charge is 0.381 e. The highest BCUT2D eigenvalue weighted by atomic mass is 16.2. The molecule has 1 aliphatic rings. The Morgan fingerprint density at radius 1 is 1.10 bits per heavy atom. The molecule has 2 aromatic carbocycles. The summed E-state index contributed by atoms with van der Waals surface area (Å²) in [5, 5.41) is 5.94. The SMILES string of the molecule is NC(=O)Nc1cccc(NCc2cccc(C3CC3)c2)c1.